The highest BCUT2D eigenvalue weighted by Gasteiger charge is 2.09. The fourth-order valence-corrected chi connectivity index (χ4v) is 1.90. The van der Waals surface area contributed by atoms with Crippen molar-refractivity contribution < 1.29 is 4.74 Å². The van der Waals surface area contributed by atoms with Crippen LogP contribution >= 0.6 is 11.6 Å². The van der Waals surface area contributed by atoms with E-state index in [4.69, 9.17) is 16.3 Å². The molecule has 0 spiro atoms. The van der Waals surface area contributed by atoms with Gasteiger partial charge in [0.15, 0.2) is 10.7 Å². The van der Waals surface area contributed by atoms with Crippen LogP contribution in [-0.4, -0.2) is 32.2 Å². The minimum atomic E-state index is 0.285. The van der Waals surface area contributed by atoms with Crippen molar-refractivity contribution in [2.24, 2.45) is 0 Å². The van der Waals surface area contributed by atoms with Crippen LogP contribution in [0.25, 0.3) is 11.2 Å². The van der Waals surface area contributed by atoms with E-state index in [2.05, 4.69) is 25.7 Å². The maximum atomic E-state index is 5.91. The smallest absolute Gasteiger partial charge is 0.206 e. The van der Waals surface area contributed by atoms with Crippen LogP contribution < -0.4 is 10.2 Å². The summed E-state index contributed by atoms with van der Waals surface area (Å²) in [6.07, 6.45) is 1.37. The van der Waals surface area contributed by atoms with E-state index in [1.165, 1.54) is 11.1 Å². The molecule has 0 unspecified atom stereocenters. The largest absolute Gasteiger partial charge is 0.497 e. The quantitative estimate of drug-likeness (QED) is 0.736. The van der Waals surface area contributed by atoms with E-state index in [1.807, 2.05) is 24.3 Å². The standard InChI is InChI=1S/C12H11ClN6O/c1-20-9-4-2-8(3-5-9)6-16-19-12-10(17-18-19)11(13)14-7-15-12/h2-5,7,16H,6H2,1H3. The van der Waals surface area contributed by atoms with E-state index >= 15 is 0 Å². The van der Waals surface area contributed by atoms with Crippen LogP contribution in [0.2, 0.25) is 5.15 Å². The zero-order chi connectivity index (χ0) is 13.9. The van der Waals surface area contributed by atoms with Gasteiger partial charge in [-0.15, -0.1) is 9.89 Å². The fraction of sp³-hybridized carbons (Fsp3) is 0.167. The summed E-state index contributed by atoms with van der Waals surface area (Å²) in [5.41, 5.74) is 5.19. The lowest BCUT2D eigenvalue weighted by Gasteiger charge is -2.06. The Bertz CT molecular complexity index is 726. The van der Waals surface area contributed by atoms with Crippen molar-refractivity contribution in [2.45, 2.75) is 6.54 Å². The molecule has 7 nitrogen and oxygen atoms in total. The van der Waals surface area contributed by atoms with Gasteiger partial charge < -0.3 is 10.2 Å². The van der Waals surface area contributed by atoms with Gasteiger partial charge in [0.2, 0.25) is 5.65 Å². The molecule has 102 valence electrons. The number of benzene rings is 1. The first-order chi connectivity index (χ1) is 9.78. The van der Waals surface area contributed by atoms with Gasteiger partial charge in [-0.25, -0.2) is 9.97 Å². The Morgan fingerprint density at radius 3 is 2.80 bits per heavy atom. The first-order valence-corrected chi connectivity index (χ1v) is 6.24. The third kappa shape index (κ3) is 2.35. The number of aromatic nitrogens is 5. The van der Waals surface area contributed by atoms with Crippen molar-refractivity contribution in [2.75, 3.05) is 12.5 Å². The molecular weight excluding hydrogens is 280 g/mol. The lowest BCUT2D eigenvalue weighted by Crippen LogP contribution is -2.16. The zero-order valence-corrected chi connectivity index (χ0v) is 11.4. The summed E-state index contributed by atoms with van der Waals surface area (Å²) in [5, 5.41) is 8.16. The van der Waals surface area contributed by atoms with Gasteiger partial charge in [0.1, 0.15) is 12.1 Å². The lowest BCUT2D eigenvalue weighted by molar-refractivity contribution is 0.414. The van der Waals surface area contributed by atoms with E-state index in [9.17, 15) is 0 Å². The predicted octanol–water partition coefficient (Wildman–Crippen LogP) is 1.63. The van der Waals surface area contributed by atoms with Crippen molar-refractivity contribution in [3.63, 3.8) is 0 Å². The molecule has 0 saturated heterocycles. The topological polar surface area (TPSA) is 77.8 Å². The highest BCUT2D eigenvalue weighted by atomic mass is 35.5. The Hall–Kier alpha value is -2.41. The molecule has 2 heterocycles. The SMILES string of the molecule is COc1ccc(CNn2nnc3c(Cl)ncnc32)cc1. The Labute approximate surface area is 119 Å². The first kappa shape index (κ1) is 12.6. The lowest BCUT2D eigenvalue weighted by atomic mass is 10.2. The number of hydrogen-bond acceptors (Lipinski definition) is 6. The minimum Gasteiger partial charge on any atom is -0.497 e. The Balaban J connectivity index is 1.78. The summed E-state index contributed by atoms with van der Waals surface area (Å²) >= 11 is 5.91. The van der Waals surface area contributed by atoms with Crippen molar-refractivity contribution in [3.8, 4) is 5.75 Å². The van der Waals surface area contributed by atoms with Gasteiger partial charge in [0.05, 0.1) is 13.7 Å². The molecule has 1 N–H and O–H groups in total. The van der Waals surface area contributed by atoms with Gasteiger partial charge in [-0.1, -0.05) is 23.7 Å². The number of rotatable bonds is 4. The number of methoxy groups -OCH3 is 1. The van der Waals surface area contributed by atoms with E-state index in [-0.39, 0.29) is 5.15 Å². The molecule has 0 bridgehead atoms. The molecule has 20 heavy (non-hydrogen) atoms. The Morgan fingerprint density at radius 1 is 1.25 bits per heavy atom. The van der Waals surface area contributed by atoms with Crippen LogP contribution in [0.4, 0.5) is 0 Å². The molecule has 3 aromatic rings. The minimum absolute atomic E-state index is 0.285. The number of ether oxygens (including phenoxy) is 1. The normalized spacial score (nSPS) is 10.7. The molecule has 0 aliphatic rings. The van der Waals surface area contributed by atoms with Crippen molar-refractivity contribution in [1.29, 1.82) is 0 Å². The molecule has 0 fully saturated rings. The molecule has 1 aromatic carbocycles. The summed E-state index contributed by atoms with van der Waals surface area (Å²) in [7, 11) is 1.64. The van der Waals surface area contributed by atoms with Gasteiger partial charge in [-0.2, -0.15) is 0 Å². The summed E-state index contributed by atoms with van der Waals surface area (Å²) in [4.78, 5) is 9.44. The third-order valence-electron chi connectivity index (χ3n) is 2.79. The summed E-state index contributed by atoms with van der Waals surface area (Å²) < 4.78 is 5.11. The molecule has 0 atom stereocenters. The molecular formula is C12H11ClN6O. The van der Waals surface area contributed by atoms with E-state index in [1.54, 1.807) is 7.11 Å². The number of fused-ring (bicyclic) bond motifs is 1. The highest BCUT2D eigenvalue weighted by molar-refractivity contribution is 6.33. The average Bonchev–Trinajstić information content (AvgIpc) is 2.90. The second-order valence-corrected chi connectivity index (χ2v) is 4.38. The van der Waals surface area contributed by atoms with Crippen molar-refractivity contribution in [3.05, 3.63) is 41.3 Å². The van der Waals surface area contributed by atoms with Crippen LogP contribution in [0.1, 0.15) is 5.56 Å². The van der Waals surface area contributed by atoms with Gasteiger partial charge in [0.25, 0.3) is 0 Å². The number of halogens is 1. The molecule has 8 heteroatoms. The second kappa shape index (κ2) is 5.30. The molecule has 0 aliphatic heterocycles. The maximum absolute atomic E-state index is 5.91. The third-order valence-corrected chi connectivity index (χ3v) is 3.06. The van der Waals surface area contributed by atoms with Crippen LogP contribution in [0.5, 0.6) is 5.75 Å². The summed E-state index contributed by atoms with van der Waals surface area (Å²) in [6.45, 7) is 0.573. The molecule has 3 rings (SSSR count). The van der Waals surface area contributed by atoms with Crippen molar-refractivity contribution >= 4 is 22.8 Å². The number of nitrogens with zero attached hydrogens (tertiary/aromatic N) is 5. The van der Waals surface area contributed by atoms with Gasteiger partial charge in [-0.3, -0.25) is 0 Å². The Morgan fingerprint density at radius 2 is 2.05 bits per heavy atom. The van der Waals surface area contributed by atoms with Crippen LogP contribution in [-0.2, 0) is 6.54 Å². The molecule has 0 aliphatic carbocycles. The van der Waals surface area contributed by atoms with Crippen LogP contribution in [0, 0.1) is 0 Å². The first-order valence-electron chi connectivity index (χ1n) is 5.86. The molecule has 0 saturated carbocycles. The number of nitrogens with one attached hydrogen (secondary N) is 1. The van der Waals surface area contributed by atoms with E-state index in [0.717, 1.165) is 11.3 Å². The average molecular weight is 291 g/mol. The number of hydrogen-bond donors (Lipinski definition) is 1. The monoisotopic (exact) mass is 290 g/mol. The highest BCUT2D eigenvalue weighted by Crippen LogP contribution is 2.15. The fourth-order valence-electron chi connectivity index (χ4n) is 1.74. The van der Waals surface area contributed by atoms with E-state index in [0.29, 0.717) is 17.7 Å². The van der Waals surface area contributed by atoms with Crippen LogP contribution in [0.3, 0.4) is 0 Å². The second-order valence-electron chi connectivity index (χ2n) is 4.02. The zero-order valence-electron chi connectivity index (χ0n) is 10.6. The maximum Gasteiger partial charge on any atom is 0.206 e. The summed E-state index contributed by atoms with van der Waals surface area (Å²) in [5.74, 6) is 0.819. The van der Waals surface area contributed by atoms with E-state index < -0.39 is 0 Å². The van der Waals surface area contributed by atoms with Gasteiger partial charge in [-0.05, 0) is 22.9 Å². The molecule has 0 amide bonds. The molecule has 2 aromatic heterocycles. The van der Waals surface area contributed by atoms with Crippen molar-refractivity contribution in [1.82, 2.24) is 25.1 Å². The summed E-state index contributed by atoms with van der Waals surface area (Å²) in [6, 6.07) is 7.73. The van der Waals surface area contributed by atoms with Crippen LogP contribution in [0.15, 0.2) is 30.6 Å². The Kier molecular flexibility index (Phi) is 3.34. The predicted molar refractivity (Wildman–Crippen MR) is 74.2 cm³/mol. The molecule has 0 radical (unpaired) electrons. The van der Waals surface area contributed by atoms with Gasteiger partial charge >= 0.3 is 0 Å². The van der Waals surface area contributed by atoms with Gasteiger partial charge in [0, 0.05) is 0 Å².